The van der Waals surface area contributed by atoms with E-state index < -0.39 is 5.92 Å². The van der Waals surface area contributed by atoms with Gasteiger partial charge in [0.05, 0.1) is 11.7 Å². The fourth-order valence-electron chi connectivity index (χ4n) is 6.77. The van der Waals surface area contributed by atoms with Crippen LogP contribution in [0.15, 0.2) is 36.9 Å². The number of likely N-dealkylation sites (N-methyl/N-ethyl adjacent to an activating group) is 1. The Morgan fingerprint density at radius 3 is 2.61 bits per heavy atom. The summed E-state index contributed by atoms with van der Waals surface area (Å²) in [5.41, 5.74) is 4.63. The second kappa shape index (κ2) is 11.2. The smallest absolute Gasteiger partial charge is 0.270 e. The molecule has 3 aliphatic rings. The van der Waals surface area contributed by atoms with Gasteiger partial charge < -0.3 is 20.0 Å². The maximum absolute atomic E-state index is 14.4. The lowest BCUT2D eigenvalue weighted by Crippen LogP contribution is -2.32. The van der Waals surface area contributed by atoms with Crippen LogP contribution in [0.5, 0.6) is 0 Å². The highest BCUT2D eigenvalue weighted by atomic mass is 19.3. The number of anilines is 2. The maximum atomic E-state index is 14.4. The Labute approximate surface area is 242 Å². The number of rotatable bonds is 3. The van der Waals surface area contributed by atoms with Gasteiger partial charge in [-0.2, -0.15) is 9.61 Å². The molecule has 0 radical (unpaired) electrons. The van der Waals surface area contributed by atoms with Crippen LogP contribution in [0.25, 0.3) is 11.3 Å². The monoisotopic (exact) mass is 563 g/mol. The van der Waals surface area contributed by atoms with E-state index >= 15 is 0 Å². The minimum absolute atomic E-state index is 0.0174. The van der Waals surface area contributed by atoms with Gasteiger partial charge in [-0.05, 0) is 63.6 Å². The molecule has 7 nitrogen and oxygen atoms in total. The number of nitrogens with one attached hydrogen (secondary N) is 1. The number of hydrogen-bond donors (Lipinski definition) is 1. The molecule has 2 atom stereocenters. The first kappa shape index (κ1) is 27.9. The molecule has 2 bridgehead atoms. The van der Waals surface area contributed by atoms with E-state index in [2.05, 4.69) is 45.8 Å². The molecule has 0 saturated carbocycles. The summed E-state index contributed by atoms with van der Waals surface area (Å²) in [5, 5.41) is 8.58. The van der Waals surface area contributed by atoms with Gasteiger partial charge in [0, 0.05) is 75.1 Å². The molecular weight excluding hydrogens is 520 g/mol. The third-order valence-electron chi connectivity index (χ3n) is 9.28. The first-order valence-electron chi connectivity index (χ1n) is 15.2. The summed E-state index contributed by atoms with van der Waals surface area (Å²) < 4.78 is 30.9. The zero-order valence-electron chi connectivity index (χ0n) is 24.7. The van der Waals surface area contributed by atoms with Gasteiger partial charge in [-0.25, -0.2) is 13.8 Å². The second-order valence-corrected chi connectivity index (χ2v) is 12.2. The Morgan fingerprint density at radius 2 is 1.83 bits per heavy atom. The molecule has 0 unspecified atom stereocenters. The molecular formula is C32H43F2N7. The number of piperidine rings is 1. The number of fused-ring (bicyclic) bond motifs is 4. The molecule has 1 N–H and O–H groups in total. The van der Waals surface area contributed by atoms with Crippen molar-refractivity contribution in [3.8, 4) is 0 Å². The molecule has 220 valence electrons. The lowest BCUT2D eigenvalue weighted by Gasteiger charge is -2.38. The van der Waals surface area contributed by atoms with E-state index in [1.807, 2.05) is 17.6 Å². The summed E-state index contributed by atoms with van der Waals surface area (Å²) in [6.45, 7) is 9.15. The van der Waals surface area contributed by atoms with Crippen molar-refractivity contribution >= 4 is 23.0 Å². The van der Waals surface area contributed by atoms with E-state index in [9.17, 15) is 8.78 Å². The Hall–Kier alpha value is -3.20. The lowest BCUT2D eigenvalue weighted by molar-refractivity contribution is 0.0174. The summed E-state index contributed by atoms with van der Waals surface area (Å²) >= 11 is 0. The normalized spacial score (nSPS) is 22.6. The molecule has 0 spiro atoms. The topological polar surface area (TPSA) is 51.9 Å². The number of nitrogens with zero attached hydrogens (tertiary/aromatic N) is 6. The van der Waals surface area contributed by atoms with Crippen LogP contribution in [0.1, 0.15) is 80.3 Å². The van der Waals surface area contributed by atoms with Gasteiger partial charge in [0.25, 0.3) is 5.92 Å². The Morgan fingerprint density at radius 1 is 1.00 bits per heavy atom. The zero-order chi connectivity index (χ0) is 28.7. The second-order valence-electron chi connectivity index (χ2n) is 12.2. The van der Waals surface area contributed by atoms with Crippen molar-refractivity contribution in [3.63, 3.8) is 0 Å². The van der Waals surface area contributed by atoms with Crippen molar-refractivity contribution in [1.82, 2.24) is 24.8 Å². The molecule has 5 heterocycles. The third kappa shape index (κ3) is 5.53. The highest BCUT2D eigenvalue weighted by molar-refractivity contribution is 5.67. The zero-order valence-corrected chi connectivity index (χ0v) is 24.7. The SMILES string of the molecule is C=C1c2cc(C(C)(F)F)ccc2CCCCCN(C)c2cc(N3CC[C@H](NC)C3)nc3cc(nn23)[C@@H]2CCCCN12. The van der Waals surface area contributed by atoms with E-state index in [1.165, 1.54) is 0 Å². The quantitative estimate of drug-likeness (QED) is 0.422. The molecule has 9 heteroatoms. The fraction of sp³-hybridized carbons (Fsp3) is 0.562. The Kier molecular flexibility index (Phi) is 7.66. The number of benzene rings is 1. The average Bonchev–Trinajstić information content (AvgIpc) is 3.62. The predicted octanol–water partition coefficient (Wildman–Crippen LogP) is 6.00. The van der Waals surface area contributed by atoms with Crippen LogP contribution in [-0.4, -0.2) is 65.8 Å². The number of aryl methyl sites for hydroxylation is 1. The standard InChI is InChI=1S/C32H43F2N7/c1-22-26-18-24(32(2,33)34)13-12-23(26)10-6-5-8-15-38(4)31-20-29(39-17-14-25(21-39)35-3)36-30-19-27(37-41(30)31)28-11-7-9-16-40(22)28/h12-13,18-20,25,28,35H,1,5-11,14-17,21H2,2-4H3/t25-,28-/m0/s1. The van der Waals surface area contributed by atoms with E-state index in [4.69, 9.17) is 10.1 Å². The first-order chi connectivity index (χ1) is 19.7. The number of aromatic nitrogens is 3. The highest BCUT2D eigenvalue weighted by Gasteiger charge is 2.32. The van der Waals surface area contributed by atoms with E-state index in [1.54, 1.807) is 12.1 Å². The van der Waals surface area contributed by atoms with E-state index in [-0.39, 0.29) is 11.6 Å². The average molecular weight is 564 g/mol. The van der Waals surface area contributed by atoms with Gasteiger partial charge in [0.2, 0.25) is 0 Å². The van der Waals surface area contributed by atoms with Crippen LogP contribution < -0.4 is 15.1 Å². The molecule has 41 heavy (non-hydrogen) atoms. The first-order valence-corrected chi connectivity index (χ1v) is 15.2. The fourth-order valence-corrected chi connectivity index (χ4v) is 6.77. The Balaban J connectivity index is 1.44. The predicted molar refractivity (Wildman–Crippen MR) is 162 cm³/mol. The van der Waals surface area contributed by atoms with Crippen LogP contribution >= 0.6 is 0 Å². The van der Waals surface area contributed by atoms with E-state index in [0.717, 1.165) is 124 Å². The third-order valence-corrected chi connectivity index (χ3v) is 9.28. The molecule has 2 aromatic heterocycles. The van der Waals surface area contributed by atoms with Gasteiger partial charge in [0.15, 0.2) is 5.65 Å². The minimum Gasteiger partial charge on any atom is -0.363 e. The summed E-state index contributed by atoms with van der Waals surface area (Å²) in [6.07, 6.45) is 8.11. The summed E-state index contributed by atoms with van der Waals surface area (Å²) in [4.78, 5) is 12.1. The molecule has 3 aromatic rings. The van der Waals surface area contributed by atoms with Crippen molar-refractivity contribution in [2.24, 2.45) is 0 Å². The molecule has 1 aromatic carbocycles. The van der Waals surface area contributed by atoms with Crippen LogP contribution in [0.2, 0.25) is 0 Å². The van der Waals surface area contributed by atoms with E-state index in [0.29, 0.717) is 6.04 Å². The van der Waals surface area contributed by atoms with Crippen molar-refractivity contribution in [1.29, 1.82) is 0 Å². The van der Waals surface area contributed by atoms with Crippen molar-refractivity contribution in [2.75, 3.05) is 50.1 Å². The molecule has 3 aliphatic heterocycles. The van der Waals surface area contributed by atoms with Crippen LogP contribution in [-0.2, 0) is 12.3 Å². The molecule has 0 amide bonds. The molecule has 2 fully saturated rings. The summed E-state index contributed by atoms with van der Waals surface area (Å²) in [5.74, 6) is -0.850. The number of halogens is 2. The lowest BCUT2D eigenvalue weighted by atomic mass is 9.92. The van der Waals surface area contributed by atoms with Crippen LogP contribution in [0.4, 0.5) is 20.4 Å². The van der Waals surface area contributed by atoms with Gasteiger partial charge in [0.1, 0.15) is 11.6 Å². The largest absolute Gasteiger partial charge is 0.363 e. The Bertz CT molecular complexity index is 1410. The minimum atomic E-state index is -2.90. The highest BCUT2D eigenvalue weighted by Crippen LogP contribution is 2.40. The molecule has 2 saturated heterocycles. The molecule has 6 rings (SSSR count). The van der Waals surface area contributed by atoms with Crippen molar-refractivity contribution in [2.45, 2.75) is 76.3 Å². The number of hydrogen-bond acceptors (Lipinski definition) is 6. The maximum Gasteiger partial charge on any atom is 0.270 e. The van der Waals surface area contributed by atoms with Gasteiger partial charge >= 0.3 is 0 Å². The summed E-state index contributed by atoms with van der Waals surface area (Å²) in [7, 11) is 4.17. The van der Waals surface area contributed by atoms with Crippen molar-refractivity contribution in [3.05, 3.63) is 59.3 Å². The van der Waals surface area contributed by atoms with Crippen LogP contribution in [0.3, 0.4) is 0 Å². The summed E-state index contributed by atoms with van der Waals surface area (Å²) in [6, 6.07) is 9.98. The van der Waals surface area contributed by atoms with Gasteiger partial charge in [-0.3, -0.25) is 0 Å². The number of alkyl halides is 2. The molecule has 0 aliphatic carbocycles. The van der Waals surface area contributed by atoms with Gasteiger partial charge in [-0.15, -0.1) is 0 Å². The van der Waals surface area contributed by atoms with Crippen LogP contribution in [0, 0.1) is 0 Å². The van der Waals surface area contributed by atoms with Gasteiger partial charge in [-0.1, -0.05) is 25.1 Å². The van der Waals surface area contributed by atoms with Crippen molar-refractivity contribution < 1.29 is 8.78 Å².